The van der Waals surface area contributed by atoms with Gasteiger partial charge in [0.2, 0.25) is 5.95 Å². The van der Waals surface area contributed by atoms with Crippen molar-refractivity contribution in [1.29, 1.82) is 0 Å². The molecule has 0 unspecified atom stereocenters. The van der Waals surface area contributed by atoms with Crippen LogP contribution < -0.4 is 5.32 Å². The molecule has 1 aliphatic rings. The zero-order valence-electron chi connectivity index (χ0n) is 17.9. The fourth-order valence-electron chi connectivity index (χ4n) is 3.88. The molecule has 180 valence electrons. The van der Waals surface area contributed by atoms with Crippen molar-refractivity contribution >= 4 is 32.5 Å². The maximum atomic E-state index is 12.4. The first-order valence-corrected chi connectivity index (χ1v) is 12.7. The van der Waals surface area contributed by atoms with E-state index in [4.69, 9.17) is 4.98 Å². The second kappa shape index (κ2) is 9.66. The van der Waals surface area contributed by atoms with Crippen LogP contribution in [-0.4, -0.2) is 74.7 Å². The molecule has 4 aromatic rings. The molecule has 3 aromatic heterocycles. The first-order valence-electron chi connectivity index (χ1n) is 10.5. The molecule has 34 heavy (non-hydrogen) atoms. The van der Waals surface area contributed by atoms with Crippen LogP contribution in [0.15, 0.2) is 48.1 Å². The van der Waals surface area contributed by atoms with Crippen LogP contribution in [-0.2, 0) is 10.2 Å². The summed E-state index contributed by atoms with van der Waals surface area (Å²) in [7, 11) is -1.80. The summed E-state index contributed by atoms with van der Waals surface area (Å²) in [4.78, 5) is 14.5. The molecule has 0 saturated carbocycles. The Labute approximate surface area is 202 Å². The summed E-state index contributed by atoms with van der Waals surface area (Å²) in [6.07, 6.45) is 4.40. The Morgan fingerprint density at radius 3 is 2.88 bits per heavy atom. The smallest absolute Gasteiger partial charge is 0.281 e. The summed E-state index contributed by atoms with van der Waals surface area (Å²) >= 11 is 1.51. The minimum Gasteiger partial charge on any atom is -0.508 e. The highest BCUT2D eigenvalue weighted by atomic mass is 32.2. The van der Waals surface area contributed by atoms with Crippen molar-refractivity contribution in [2.75, 3.05) is 38.5 Å². The highest BCUT2D eigenvalue weighted by molar-refractivity contribution is 7.86. The van der Waals surface area contributed by atoms with Crippen molar-refractivity contribution < 1.29 is 13.5 Å². The van der Waals surface area contributed by atoms with Gasteiger partial charge < -0.3 is 10.4 Å². The second-order valence-corrected chi connectivity index (χ2v) is 10.6. The molecule has 1 saturated heterocycles. The largest absolute Gasteiger partial charge is 0.508 e. The van der Waals surface area contributed by atoms with Crippen molar-refractivity contribution in [3.63, 3.8) is 0 Å². The highest BCUT2D eigenvalue weighted by Crippen LogP contribution is 2.34. The van der Waals surface area contributed by atoms with Gasteiger partial charge in [0.25, 0.3) is 10.2 Å². The number of anilines is 1. The van der Waals surface area contributed by atoms with E-state index in [2.05, 4.69) is 15.3 Å². The fourth-order valence-corrected chi connectivity index (χ4v) is 6.03. The predicted molar refractivity (Wildman–Crippen MR) is 134 cm³/mol. The molecule has 0 bridgehead atoms. The predicted octanol–water partition coefficient (Wildman–Crippen LogP) is 3.16. The molecular weight excluding hydrogens is 474 g/mol. The lowest BCUT2D eigenvalue weighted by Gasteiger charge is -2.32. The Bertz CT molecular complexity index is 1400. The first-order chi connectivity index (χ1) is 15.9. The van der Waals surface area contributed by atoms with Crippen molar-refractivity contribution in [2.24, 2.45) is 0 Å². The van der Waals surface area contributed by atoms with Gasteiger partial charge in [-0.05, 0) is 24.6 Å². The fraction of sp³-hybridized carbons (Fsp3) is 0.318. The number of phenolic OH excluding ortho intramolecular Hbond substituents is 1. The van der Waals surface area contributed by atoms with E-state index in [0.29, 0.717) is 43.5 Å². The summed E-state index contributed by atoms with van der Waals surface area (Å²) < 4.78 is 29.7. The Kier molecular flexibility index (Phi) is 6.84. The van der Waals surface area contributed by atoms with Gasteiger partial charge in [0.05, 0.1) is 11.4 Å². The molecule has 0 amide bonds. The quantitative estimate of drug-likeness (QED) is 0.417. The molecule has 1 fully saturated rings. The van der Waals surface area contributed by atoms with Crippen LogP contribution in [0.2, 0.25) is 0 Å². The molecule has 0 radical (unpaired) electrons. The van der Waals surface area contributed by atoms with Crippen LogP contribution in [0.4, 0.5) is 5.95 Å². The van der Waals surface area contributed by atoms with Crippen molar-refractivity contribution in [1.82, 2.24) is 28.0 Å². The summed E-state index contributed by atoms with van der Waals surface area (Å²) in [5.74, 6) is 0.570. The molecule has 0 atom stereocenters. The number of imidazole rings is 1. The molecule has 5 rings (SSSR count). The van der Waals surface area contributed by atoms with Gasteiger partial charge in [-0.2, -0.15) is 17.0 Å². The number of phenols is 1. The maximum absolute atomic E-state index is 12.4. The highest BCUT2D eigenvalue weighted by Gasteiger charge is 2.30. The molecule has 0 spiro atoms. The van der Waals surface area contributed by atoms with E-state index in [1.165, 1.54) is 19.9 Å². The third-order valence-electron chi connectivity index (χ3n) is 5.52. The number of thiazole rings is 1. The summed E-state index contributed by atoms with van der Waals surface area (Å²) in [5.41, 5.74) is 2.96. The number of rotatable bonds is 6. The van der Waals surface area contributed by atoms with Crippen LogP contribution in [0.3, 0.4) is 0 Å². The number of nitrogens with zero attached hydrogens (tertiary/aromatic N) is 6. The average molecular weight is 502 g/mol. The van der Waals surface area contributed by atoms with E-state index >= 15 is 0 Å². The lowest BCUT2D eigenvalue weighted by Crippen LogP contribution is -2.49. The third-order valence-corrected chi connectivity index (χ3v) is 8.27. The third kappa shape index (κ3) is 4.49. The van der Waals surface area contributed by atoms with Gasteiger partial charge in [-0.3, -0.25) is 4.40 Å². The summed E-state index contributed by atoms with van der Waals surface area (Å²) in [6.45, 7) is 1.77. The van der Waals surface area contributed by atoms with E-state index in [1.807, 2.05) is 28.1 Å². The zero-order valence-corrected chi connectivity index (χ0v) is 19.6. The lowest BCUT2D eigenvalue weighted by atomic mass is 10.1. The monoisotopic (exact) mass is 501 g/mol. The van der Waals surface area contributed by atoms with E-state index in [-0.39, 0.29) is 13.2 Å². The van der Waals surface area contributed by atoms with Crippen LogP contribution in [0.25, 0.3) is 27.6 Å². The average Bonchev–Trinajstić information content (AvgIpc) is 3.38. The Hall–Kier alpha value is -3.06. The van der Waals surface area contributed by atoms with Gasteiger partial charge in [0.1, 0.15) is 11.4 Å². The molecule has 1 aliphatic heterocycles. The number of nitrogens with one attached hydrogen (secondary N) is 1. The number of fused-ring (bicyclic) bond motifs is 1. The van der Waals surface area contributed by atoms with E-state index in [0.717, 1.165) is 22.6 Å². The molecule has 10 nitrogen and oxygen atoms in total. The topological polar surface area (TPSA) is 116 Å². The molecule has 1 aromatic carbocycles. The van der Waals surface area contributed by atoms with Crippen LogP contribution >= 0.6 is 11.3 Å². The number of hydrogen-bond donors (Lipinski definition) is 2. The number of hydrogen-bond acceptors (Lipinski definition) is 8. The maximum Gasteiger partial charge on any atom is 0.281 e. The SMILES string of the molecule is C.CN1CCCN(CCNc2nccc(-c3c(-c4cccc(O)c4)nc4sccn34)n2)S1(=O)=O. The van der Waals surface area contributed by atoms with E-state index in [1.54, 1.807) is 31.4 Å². The van der Waals surface area contributed by atoms with Gasteiger partial charge >= 0.3 is 0 Å². The summed E-state index contributed by atoms with van der Waals surface area (Å²) in [5, 5.41) is 15.0. The lowest BCUT2D eigenvalue weighted by molar-refractivity contribution is 0.313. The first kappa shape index (κ1) is 24.1. The minimum absolute atomic E-state index is 0. The van der Waals surface area contributed by atoms with Crippen molar-refractivity contribution in [3.05, 3.63) is 48.1 Å². The molecule has 12 heteroatoms. The van der Waals surface area contributed by atoms with Gasteiger partial charge in [-0.25, -0.2) is 15.0 Å². The van der Waals surface area contributed by atoms with Crippen LogP contribution in [0, 0.1) is 0 Å². The number of benzene rings is 1. The zero-order chi connectivity index (χ0) is 23.0. The van der Waals surface area contributed by atoms with Crippen molar-refractivity contribution in [3.8, 4) is 28.4 Å². The standard InChI is InChI=1S/C21H23N7O3S2.CH4/c1-26-9-3-10-27(33(26,30)31)11-8-23-20-22-7-6-17(24-20)19-18(15-4-2-5-16(29)14-15)25-21-28(19)12-13-32-21;/h2,4-7,12-14,29H,3,8-11H2,1H3,(H,22,23,24);1H4. The molecule has 2 N–H and O–H groups in total. The van der Waals surface area contributed by atoms with Gasteiger partial charge in [-0.1, -0.05) is 19.6 Å². The molecule has 0 aliphatic carbocycles. The Balaban J connectivity index is 0.00000274. The summed E-state index contributed by atoms with van der Waals surface area (Å²) in [6, 6.07) is 8.77. The van der Waals surface area contributed by atoms with Gasteiger partial charge in [0, 0.05) is 56.6 Å². The van der Waals surface area contributed by atoms with Crippen LogP contribution in [0.5, 0.6) is 5.75 Å². The van der Waals surface area contributed by atoms with E-state index < -0.39 is 10.2 Å². The minimum atomic E-state index is -3.40. The number of aromatic hydroxyl groups is 1. The van der Waals surface area contributed by atoms with Crippen molar-refractivity contribution in [2.45, 2.75) is 13.8 Å². The Morgan fingerprint density at radius 2 is 2.06 bits per heavy atom. The van der Waals surface area contributed by atoms with Gasteiger partial charge in [-0.15, -0.1) is 11.3 Å². The molecule has 4 heterocycles. The van der Waals surface area contributed by atoms with E-state index in [9.17, 15) is 13.5 Å². The molecular formula is C22H27N7O3S2. The van der Waals surface area contributed by atoms with Crippen LogP contribution in [0.1, 0.15) is 13.8 Å². The Morgan fingerprint density at radius 1 is 1.21 bits per heavy atom. The normalized spacial score (nSPS) is 16.4. The number of aromatic nitrogens is 4. The van der Waals surface area contributed by atoms with Gasteiger partial charge in [0.15, 0.2) is 4.96 Å². The second-order valence-electron chi connectivity index (χ2n) is 7.69.